The van der Waals surface area contributed by atoms with E-state index in [2.05, 4.69) is 34.7 Å². The maximum Gasteiger partial charge on any atom is 0.0207 e. The first-order valence-corrected chi connectivity index (χ1v) is 7.24. The summed E-state index contributed by atoms with van der Waals surface area (Å²) in [5, 5.41) is 5.79. The van der Waals surface area contributed by atoms with E-state index in [1.54, 1.807) is 0 Å². The summed E-state index contributed by atoms with van der Waals surface area (Å²) in [6.07, 6.45) is 3.79. The first-order chi connectivity index (χ1) is 7.88. The molecule has 1 atom stereocenters. The van der Waals surface area contributed by atoms with Crippen molar-refractivity contribution in [2.45, 2.75) is 32.2 Å². The molecule has 1 aliphatic rings. The number of hydrogen-bond acceptors (Lipinski definition) is 3. The average Bonchev–Trinajstić information content (AvgIpc) is 2.95. The molecular formula is C13H22N2S. The molecule has 1 N–H and O–H groups in total. The molecule has 0 aliphatic carbocycles. The molecule has 2 heterocycles. The first-order valence-electron chi connectivity index (χ1n) is 6.36. The van der Waals surface area contributed by atoms with Gasteiger partial charge in [0, 0.05) is 24.0 Å². The van der Waals surface area contributed by atoms with Crippen molar-refractivity contribution < 1.29 is 0 Å². The van der Waals surface area contributed by atoms with E-state index in [0.717, 1.165) is 6.04 Å². The van der Waals surface area contributed by atoms with Crippen molar-refractivity contribution in [1.29, 1.82) is 0 Å². The quantitative estimate of drug-likeness (QED) is 0.818. The van der Waals surface area contributed by atoms with E-state index in [1.807, 2.05) is 11.3 Å². The van der Waals surface area contributed by atoms with Gasteiger partial charge >= 0.3 is 0 Å². The monoisotopic (exact) mass is 238 g/mol. The number of nitrogens with zero attached hydrogens (tertiary/aromatic N) is 1. The summed E-state index contributed by atoms with van der Waals surface area (Å²) in [6, 6.07) is 5.13. The van der Waals surface area contributed by atoms with E-state index in [9.17, 15) is 0 Å². The van der Waals surface area contributed by atoms with E-state index < -0.39 is 0 Å². The maximum atomic E-state index is 3.62. The van der Waals surface area contributed by atoms with Crippen molar-refractivity contribution in [3.05, 3.63) is 22.4 Å². The van der Waals surface area contributed by atoms with Crippen LogP contribution in [0.2, 0.25) is 0 Å². The largest absolute Gasteiger partial charge is 0.313 e. The van der Waals surface area contributed by atoms with Gasteiger partial charge in [0.25, 0.3) is 0 Å². The molecule has 16 heavy (non-hydrogen) atoms. The van der Waals surface area contributed by atoms with Crippen LogP contribution in [-0.2, 0) is 6.42 Å². The summed E-state index contributed by atoms with van der Waals surface area (Å²) in [5.41, 5.74) is 0. The van der Waals surface area contributed by atoms with Crippen molar-refractivity contribution in [1.82, 2.24) is 10.2 Å². The van der Waals surface area contributed by atoms with Crippen LogP contribution in [0.15, 0.2) is 17.5 Å². The lowest BCUT2D eigenvalue weighted by atomic mass is 10.2. The van der Waals surface area contributed by atoms with Gasteiger partial charge in [0.2, 0.25) is 0 Å². The van der Waals surface area contributed by atoms with Crippen LogP contribution < -0.4 is 5.32 Å². The van der Waals surface area contributed by atoms with Crippen LogP contribution in [0.5, 0.6) is 0 Å². The molecule has 0 bridgehead atoms. The molecule has 0 aromatic carbocycles. The van der Waals surface area contributed by atoms with Crippen LogP contribution in [-0.4, -0.2) is 37.1 Å². The zero-order valence-electron chi connectivity index (χ0n) is 10.1. The molecular weight excluding hydrogens is 216 g/mol. The van der Waals surface area contributed by atoms with Crippen LogP contribution in [0, 0.1) is 0 Å². The van der Waals surface area contributed by atoms with E-state index in [0.29, 0.717) is 0 Å². The summed E-state index contributed by atoms with van der Waals surface area (Å²) >= 11 is 1.88. The summed E-state index contributed by atoms with van der Waals surface area (Å²) in [7, 11) is 0. The third-order valence-corrected chi connectivity index (χ3v) is 4.15. The van der Waals surface area contributed by atoms with E-state index in [-0.39, 0.29) is 0 Å². The van der Waals surface area contributed by atoms with Gasteiger partial charge in [0.15, 0.2) is 0 Å². The molecule has 1 aliphatic heterocycles. The SMILES string of the molecule is CCCNC1CCN(CCc2cccs2)C1. The Balaban J connectivity index is 1.65. The van der Waals surface area contributed by atoms with Crippen LogP contribution in [0.3, 0.4) is 0 Å². The summed E-state index contributed by atoms with van der Waals surface area (Å²) in [4.78, 5) is 4.11. The van der Waals surface area contributed by atoms with E-state index in [1.165, 1.54) is 50.3 Å². The number of likely N-dealkylation sites (tertiary alicyclic amines) is 1. The van der Waals surface area contributed by atoms with Crippen LogP contribution >= 0.6 is 11.3 Å². The molecule has 1 unspecified atom stereocenters. The molecule has 1 saturated heterocycles. The van der Waals surface area contributed by atoms with Gasteiger partial charge in [-0.25, -0.2) is 0 Å². The normalized spacial score (nSPS) is 21.7. The lowest BCUT2D eigenvalue weighted by Gasteiger charge is -2.15. The Morgan fingerprint density at radius 3 is 3.25 bits per heavy atom. The molecule has 3 heteroatoms. The Morgan fingerprint density at radius 2 is 2.50 bits per heavy atom. The highest BCUT2D eigenvalue weighted by atomic mass is 32.1. The van der Waals surface area contributed by atoms with Crippen molar-refractivity contribution in [2.75, 3.05) is 26.2 Å². The van der Waals surface area contributed by atoms with Crippen LogP contribution in [0.1, 0.15) is 24.6 Å². The maximum absolute atomic E-state index is 3.62. The Kier molecular flexibility index (Phi) is 4.82. The minimum Gasteiger partial charge on any atom is -0.313 e. The predicted molar refractivity (Wildman–Crippen MR) is 71.2 cm³/mol. The zero-order valence-corrected chi connectivity index (χ0v) is 10.9. The van der Waals surface area contributed by atoms with Gasteiger partial charge in [-0.15, -0.1) is 11.3 Å². The smallest absolute Gasteiger partial charge is 0.0207 e. The number of rotatable bonds is 6. The van der Waals surface area contributed by atoms with Gasteiger partial charge in [-0.3, -0.25) is 0 Å². The molecule has 1 aromatic heterocycles. The van der Waals surface area contributed by atoms with Gasteiger partial charge in [-0.05, 0) is 43.8 Å². The zero-order chi connectivity index (χ0) is 11.2. The fourth-order valence-electron chi connectivity index (χ4n) is 2.27. The third-order valence-electron chi connectivity index (χ3n) is 3.21. The molecule has 2 rings (SSSR count). The number of thiophene rings is 1. The molecule has 1 fully saturated rings. The fourth-order valence-corrected chi connectivity index (χ4v) is 2.97. The third kappa shape index (κ3) is 3.58. The lowest BCUT2D eigenvalue weighted by Crippen LogP contribution is -2.33. The van der Waals surface area contributed by atoms with Crippen molar-refractivity contribution in [3.8, 4) is 0 Å². The Hall–Kier alpha value is -0.380. The topological polar surface area (TPSA) is 15.3 Å². The highest BCUT2D eigenvalue weighted by Crippen LogP contribution is 2.13. The highest BCUT2D eigenvalue weighted by Gasteiger charge is 2.20. The van der Waals surface area contributed by atoms with Gasteiger partial charge in [-0.2, -0.15) is 0 Å². The molecule has 0 radical (unpaired) electrons. The van der Waals surface area contributed by atoms with Crippen LogP contribution in [0.4, 0.5) is 0 Å². The first kappa shape index (κ1) is 12.1. The fraction of sp³-hybridized carbons (Fsp3) is 0.692. The average molecular weight is 238 g/mol. The van der Waals surface area contributed by atoms with Crippen molar-refractivity contribution in [3.63, 3.8) is 0 Å². The molecule has 0 saturated carbocycles. The molecule has 1 aromatic rings. The summed E-state index contributed by atoms with van der Waals surface area (Å²) in [5.74, 6) is 0. The summed E-state index contributed by atoms with van der Waals surface area (Å²) < 4.78 is 0. The number of nitrogens with one attached hydrogen (secondary N) is 1. The van der Waals surface area contributed by atoms with Crippen LogP contribution in [0.25, 0.3) is 0 Å². The molecule has 0 amide bonds. The highest BCUT2D eigenvalue weighted by molar-refractivity contribution is 7.09. The molecule has 0 spiro atoms. The second-order valence-corrected chi connectivity index (χ2v) is 5.60. The molecule has 90 valence electrons. The van der Waals surface area contributed by atoms with E-state index >= 15 is 0 Å². The standard InChI is InChI=1S/C13H22N2S/c1-2-7-14-12-5-8-15(11-12)9-6-13-4-3-10-16-13/h3-4,10,12,14H,2,5-9,11H2,1H3. The van der Waals surface area contributed by atoms with Crippen molar-refractivity contribution >= 4 is 11.3 Å². The van der Waals surface area contributed by atoms with E-state index in [4.69, 9.17) is 0 Å². The van der Waals surface area contributed by atoms with Gasteiger partial charge in [0.05, 0.1) is 0 Å². The Labute approximate surface area is 103 Å². The second-order valence-electron chi connectivity index (χ2n) is 4.57. The van der Waals surface area contributed by atoms with Gasteiger partial charge < -0.3 is 10.2 Å². The minimum atomic E-state index is 0.739. The summed E-state index contributed by atoms with van der Waals surface area (Å²) in [6.45, 7) is 7.14. The minimum absolute atomic E-state index is 0.739. The lowest BCUT2D eigenvalue weighted by molar-refractivity contribution is 0.332. The predicted octanol–water partition coefficient (Wildman–Crippen LogP) is 2.36. The van der Waals surface area contributed by atoms with Crippen molar-refractivity contribution in [2.24, 2.45) is 0 Å². The second kappa shape index (κ2) is 6.38. The van der Waals surface area contributed by atoms with Gasteiger partial charge in [-0.1, -0.05) is 13.0 Å². The Bertz CT molecular complexity index is 284. The Morgan fingerprint density at radius 1 is 1.56 bits per heavy atom. The number of hydrogen-bond donors (Lipinski definition) is 1. The van der Waals surface area contributed by atoms with Gasteiger partial charge in [0.1, 0.15) is 0 Å². The molecule has 2 nitrogen and oxygen atoms in total.